The Morgan fingerprint density at radius 3 is 2.69 bits per heavy atom. The van der Waals surface area contributed by atoms with Crippen LogP contribution < -0.4 is 16.0 Å². The standard InChI is InChI=1S/C26H34N4O2/c1-6-21(25-19(3)9-8-14-27-25)17-24(7-2)32-28-23-12-10-22(11-13-23)26(31)30-16-15-29(5)18-20(30)4/h6,8-14,20,24,28H,1,3,7,15-18H2,2,4-5H3/b25-21-. The van der Waals surface area contributed by atoms with E-state index >= 15 is 0 Å². The first-order chi connectivity index (χ1) is 15.4. The number of rotatable bonds is 8. The molecule has 170 valence electrons. The summed E-state index contributed by atoms with van der Waals surface area (Å²) in [6.07, 6.45) is 5.02. The van der Waals surface area contributed by atoms with Gasteiger partial charge in [-0.25, -0.2) is 0 Å². The minimum Gasteiger partial charge on any atom is -0.333 e. The molecule has 2 heterocycles. The summed E-state index contributed by atoms with van der Waals surface area (Å²) in [6, 6.07) is 11.5. The van der Waals surface area contributed by atoms with E-state index in [1.54, 1.807) is 6.20 Å². The Hall–Kier alpha value is -2.96. The second-order valence-corrected chi connectivity index (χ2v) is 8.38. The van der Waals surface area contributed by atoms with Gasteiger partial charge in [0.1, 0.15) is 0 Å². The van der Waals surface area contributed by atoms with E-state index in [4.69, 9.17) is 4.84 Å². The van der Waals surface area contributed by atoms with Gasteiger partial charge in [0.25, 0.3) is 5.91 Å². The van der Waals surface area contributed by atoms with E-state index in [0.29, 0.717) is 12.0 Å². The number of nitrogens with zero attached hydrogens (tertiary/aromatic N) is 3. The summed E-state index contributed by atoms with van der Waals surface area (Å²) in [5.74, 6) is 0.0778. The molecule has 0 saturated carbocycles. The van der Waals surface area contributed by atoms with E-state index in [1.807, 2.05) is 47.4 Å². The van der Waals surface area contributed by atoms with Crippen LogP contribution in [0, 0.1) is 0 Å². The van der Waals surface area contributed by atoms with E-state index < -0.39 is 0 Å². The number of nitrogens with one attached hydrogen (secondary N) is 1. The fraction of sp³-hybridized carbons (Fsp3) is 0.385. The van der Waals surface area contributed by atoms with Gasteiger partial charge in [-0.05, 0) is 61.5 Å². The molecule has 0 bridgehead atoms. The van der Waals surface area contributed by atoms with Crippen LogP contribution in [0.1, 0.15) is 37.0 Å². The van der Waals surface area contributed by atoms with Crippen molar-refractivity contribution in [2.24, 2.45) is 0 Å². The summed E-state index contributed by atoms with van der Waals surface area (Å²) < 4.78 is 0. The number of piperazine rings is 1. The maximum Gasteiger partial charge on any atom is 0.254 e. The third-order valence-corrected chi connectivity index (χ3v) is 5.91. The highest BCUT2D eigenvalue weighted by atomic mass is 16.7. The van der Waals surface area contributed by atoms with Crippen LogP contribution in [0.3, 0.4) is 0 Å². The highest BCUT2D eigenvalue weighted by Crippen LogP contribution is 2.18. The van der Waals surface area contributed by atoms with Crippen LogP contribution in [-0.2, 0) is 4.84 Å². The van der Waals surface area contributed by atoms with Gasteiger partial charge in [0.15, 0.2) is 0 Å². The fourth-order valence-electron chi connectivity index (χ4n) is 3.96. The summed E-state index contributed by atoms with van der Waals surface area (Å²) >= 11 is 0. The summed E-state index contributed by atoms with van der Waals surface area (Å²) in [4.78, 5) is 27.5. The van der Waals surface area contributed by atoms with Gasteiger partial charge in [-0.15, -0.1) is 0 Å². The summed E-state index contributed by atoms with van der Waals surface area (Å²) in [6.45, 7) is 14.7. The molecule has 6 nitrogen and oxygen atoms in total. The molecule has 1 saturated heterocycles. The first-order valence-corrected chi connectivity index (χ1v) is 11.2. The Morgan fingerprint density at radius 1 is 1.31 bits per heavy atom. The van der Waals surface area contributed by atoms with E-state index in [2.05, 4.69) is 49.4 Å². The summed E-state index contributed by atoms with van der Waals surface area (Å²) in [5.41, 5.74) is 5.54. The van der Waals surface area contributed by atoms with E-state index in [0.717, 1.165) is 47.9 Å². The molecule has 32 heavy (non-hydrogen) atoms. The lowest BCUT2D eigenvalue weighted by atomic mass is 10.1. The first-order valence-electron chi connectivity index (χ1n) is 11.2. The monoisotopic (exact) mass is 434 g/mol. The topological polar surface area (TPSA) is 57.7 Å². The lowest BCUT2D eigenvalue weighted by Gasteiger charge is -2.38. The molecule has 3 rings (SSSR count). The number of hydrogen-bond donors (Lipinski definition) is 1. The molecule has 2 atom stereocenters. The van der Waals surface area contributed by atoms with Crippen LogP contribution in [0.4, 0.5) is 5.69 Å². The molecule has 1 aliphatic heterocycles. The smallest absolute Gasteiger partial charge is 0.254 e. The van der Waals surface area contributed by atoms with Gasteiger partial charge in [0.2, 0.25) is 0 Å². The molecule has 0 spiro atoms. The zero-order chi connectivity index (χ0) is 23.1. The van der Waals surface area contributed by atoms with Crippen LogP contribution in [0.15, 0.2) is 55.3 Å². The van der Waals surface area contributed by atoms with E-state index in [9.17, 15) is 4.79 Å². The number of aromatic nitrogens is 1. The number of anilines is 1. The number of allylic oxidation sites excluding steroid dienone is 1. The average Bonchev–Trinajstić information content (AvgIpc) is 2.80. The van der Waals surface area contributed by atoms with Crippen molar-refractivity contribution in [3.63, 3.8) is 0 Å². The Balaban J connectivity index is 1.62. The Kier molecular flexibility index (Phi) is 8.20. The predicted octanol–water partition coefficient (Wildman–Crippen LogP) is 2.82. The summed E-state index contributed by atoms with van der Waals surface area (Å²) in [5, 5.41) is 1.73. The average molecular weight is 435 g/mol. The highest BCUT2D eigenvalue weighted by Gasteiger charge is 2.26. The second kappa shape index (κ2) is 11.1. The lowest BCUT2D eigenvalue weighted by molar-refractivity contribution is 0.0533. The first kappa shape index (κ1) is 23.7. The van der Waals surface area contributed by atoms with Crippen LogP contribution in [0.5, 0.6) is 0 Å². The maximum atomic E-state index is 12.9. The largest absolute Gasteiger partial charge is 0.333 e. The summed E-state index contributed by atoms with van der Waals surface area (Å²) in [7, 11) is 2.09. The van der Waals surface area contributed by atoms with Crippen LogP contribution in [-0.4, -0.2) is 59.5 Å². The lowest BCUT2D eigenvalue weighted by Crippen LogP contribution is -2.52. The SMILES string of the molecule is C=C/C(CC(CC)ONc1ccc(C(=O)N2CCN(C)CC2C)cc1)=c1/ncccc1=C. The van der Waals surface area contributed by atoms with Gasteiger partial charge < -0.3 is 9.80 Å². The molecule has 1 aromatic carbocycles. The van der Waals surface area contributed by atoms with Crippen LogP contribution in [0.2, 0.25) is 0 Å². The number of amides is 1. The molecule has 1 N–H and O–H groups in total. The van der Waals surface area contributed by atoms with Crippen molar-refractivity contribution in [3.8, 4) is 0 Å². The molecular formula is C26H34N4O2. The van der Waals surface area contributed by atoms with Gasteiger partial charge in [-0.2, -0.15) is 0 Å². The highest BCUT2D eigenvalue weighted by molar-refractivity contribution is 5.94. The minimum atomic E-state index is -0.0584. The van der Waals surface area contributed by atoms with Gasteiger partial charge >= 0.3 is 0 Å². The number of hydrogen-bond acceptors (Lipinski definition) is 5. The Bertz CT molecular complexity index is 1030. The van der Waals surface area contributed by atoms with Gasteiger partial charge in [0.05, 0.1) is 17.1 Å². The van der Waals surface area contributed by atoms with Crippen molar-refractivity contribution < 1.29 is 9.63 Å². The number of pyridine rings is 1. The minimum absolute atomic E-state index is 0.0584. The zero-order valence-corrected chi connectivity index (χ0v) is 19.4. The van der Waals surface area contributed by atoms with Crippen molar-refractivity contribution in [2.45, 2.75) is 38.8 Å². The van der Waals surface area contributed by atoms with E-state index in [-0.39, 0.29) is 18.1 Å². The van der Waals surface area contributed by atoms with Crippen molar-refractivity contribution in [3.05, 3.63) is 71.4 Å². The molecule has 2 aromatic rings. The molecule has 1 aliphatic rings. The number of carbonyl (C=O) groups excluding carboxylic acids is 1. The Morgan fingerprint density at radius 2 is 2.06 bits per heavy atom. The molecule has 6 heteroatoms. The molecule has 0 radical (unpaired) electrons. The molecule has 1 aromatic heterocycles. The quantitative estimate of drug-likeness (QED) is 0.648. The molecule has 1 amide bonds. The molecule has 0 aliphatic carbocycles. The van der Waals surface area contributed by atoms with Crippen LogP contribution in [0.25, 0.3) is 12.2 Å². The number of carbonyl (C=O) groups is 1. The number of likely N-dealkylation sites (N-methyl/N-ethyl adjacent to an activating group) is 1. The fourth-order valence-corrected chi connectivity index (χ4v) is 3.96. The molecular weight excluding hydrogens is 400 g/mol. The third-order valence-electron chi connectivity index (χ3n) is 5.91. The van der Waals surface area contributed by atoms with Crippen molar-refractivity contribution >= 4 is 23.7 Å². The van der Waals surface area contributed by atoms with Crippen molar-refractivity contribution in [2.75, 3.05) is 32.2 Å². The normalized spacial score (nSPS) is 18.7. The second-order valence-electron chi connectivity index (χ2n) is 8.38. The molecule has 1 fully saturated rings. The molecule has 2 unspecified atom stereocenters. The number of benzene rings is 1. The zero-order valence-electron chi connectivity index (χ0n) is 19.4. The Labute approximate surface area is 190 Å². The van der Waals surface area contributed by atoms with Gasteiger partial charge in [-0.3, -0.25) is 20.1 Å². The van der Waals surface area contributed by atoms with E-state index in [1.165, 1.54) is 0 Å². The van der Waals surface area contributed by atoms with Crippen molar-refractivity contribution in [1.82, 2.24) is 14.8 Å². The van der Waals surface area contributed by atoms with Crippen molar-refractivity contribution in [1.29, 1.82) is 0 Å². The predicted molar refractivity (Wildman–Crippen MR) is 130 cm³/mol. The third kappa shape index (κ3) is 5.84. The van der Waals surface area contributed by atoms with Crippen LogP contribution >= 0.6 is 0 Å². The van der Waals surface area contributed by atoms with Gasteiger partial charge in [-0.1, -0.05) is 32.2 Å². The van der Waals surface area contributed by atoms with Gasteiger partial charge in [0, 0.05) is 43.9 Å². The maximum absolute atomic E-state index is 12.9.